The van der Waals surface area contributed by atoms with Crippen molar-refractivity contribution in [2.75, 3.05) is 38.7 Å². The van der Waals surface area contributed by atoms with E-state index in [0.29, 0.717) is 61.2 Å². The van der Waals surface area contributed by atoms with Gasteiger partial charge in [0.05, 0.1) is 18.8 Å². The highest BCUT2D eigenvalue weighted by Crippen LogP contribution is 2.39. The Morgan fingerprint density at radius 1 is 1.26 bits per heavy atom. The predicted molar refractivity (Wildman–Crippen MR) is 143 cm³/mol. The maximum atomic E-state index is 13.6. The van der Waals surface area contributed by atoms with Gasteiger partial charge in [-0.15, -0.1) is 0 Å². The average Bonchev–Trinajstić information content (AvgIpc) is 3.17. The van der Waals surface area contributed by atoms with Crippen molar-refractivity contribution < 1.29 is 14.3 Å². The van der Waals surface area contributed by atoms with Crippen LogP contribution in [-0.2, 0) is 30.7 Å². The smallest absolute Gasteiger partial charge is 0.247 e. The van der Waals surface area contributed by atoms with Gasteiger partial charge in [0, 0.05) is 25.7 Å². The van der Waals surface area contributed by atoms with Gasteiger partial charge in [-0.1, -0.05) is 48.0 Å². The van der Waals surface area contributed by atoms with E-state index in [1.165, 1.54) is 0 Å². The number of benzene rings is 2. The summed E-state index contributed by atoms with van der Waals surface area (Å²) in [5, 5.41) is 14.1. The van der Waals surface area contributed by atoms with E-state index in [-0.39, 0.29) is 12.5 Å². The molecular formula is C28H29ClN6O3. The van der Waals surface area contributed by atoms with E-state index in [4.69, 9.17) is 16.3 Å². The molecule has 1 unspecified atom stereocenters. The maximum absolute atomic E-state index is 13.6. The Kier molecular flexibility index (Phi) is 7.36. The number of halogens is 1. The third kappa shape index (κ3) is 4.85. The number of aromatic nitrogens is 2. The summed E-state index contributed by atoms with van der Waals surface area (Å²) >= 11 is 6.65. The van der Waals surface area contributed by atoms with Gasteiger partial charge in [-0.2, -0.15) is 10.4 Å². The number of amides is 1. The van der Waals surface area contributed by atoms with Gasteiger partial charge in [0.2, 0.25) is 5.91 Å². The number of fused-ring (bicyclic) bond motifs is 3. The Balaban J connectivity index is 1.31. The molecule has 1 amide bonds. The molecule has 0 saturated carbocycles. The Labute approximate surface area is 226 Å². The molecule has 9 nitrogen and oxygen atoms in total. The number of nitriles is 1. The first-order chi connectivity index (χ1) is 18.4. The molecule has 10 heteroatoms. The average molecular weight is 533 g/mol. The van der Waals surface area contributed by atoms with Gasteiger partial charge >= 0.3 is 0 Å². The van der Waals surface area contributed by atoms with Crippen LogP contribution in [0.2, 0.25) is 5.15 Å². The molecule has 0 N–H and O–H groups in total. The minimum absolute atomic E-state index is 0.0659. The quantitative estimate of drug-likeness (QED) is 0.341. The van der Waals surface area contributed by atoms with Gasteiger partial charge in [-0.25, -0.2) is 4.68 Å². The van der Waals surface area contributed by atoms with Gasteiger partial charge in [0.1, 0.15) is 29.2 Å². The summed E-state index contributed by atoms with van der Waals surface area (Å²) < 4.78 is 7.79. The molecule has 0 saturated heterocycles. The van der Waals surface area contributed by atoms with Crippen LogP contribution in [0.3, 0.4) is 0 Å². The molecule has 0 radical (unpaired) electrons. The summed E-state index contributed by atoms with van der Waals surface area (Å²) in [4.78, 5) is 30.7. The van der Waals surface area contributed by atoms with Gasteiger partial charge < -0.3 is 14.5 Å². The number of anilines is 1. The van der Waals surface area contributed by atoms with E-state index in [9.17, 15) is 14.9 Å². The van der Waals surface area contributed by atoms with Crippen molar-refractivity contribution >= 4 is 29.5 Å². The van der Waals surface area contributed by atoms with Gasteiger partial charge in [0.15, 0.2) is 12.5 Å². The van der Waals surface area contributed by atoms with Crippen molar-refractivity contribution in [3.63, 3.8) is 0 Å². The third-order valence-corrected chi connectivity index (χ3v) is 7.79. The van der Waals surface area contributed by atoms with Crippen molar-refractivity contribution in [1.82, 2.24) is 19.6 Å². The lowest BCUT2D eigenvalue weighted by atomic mass is 9.96. The topological polar surface area (TPSA) is 94.7 Å². The highest BCUT2D eigenvalue weighted by atomic mass is 35.5. The van der Waals surface area contributed by atoms with Crippen LogP contribution in [-0.4, -0.2) is 71.6 Å². The van der Waals surface area contributed by atoms with Crippen LogP contribution in [0, 0.1) is 11.5 Å². The molecule has 3 heterocycles. The first-order valence-corrected chi connectivity index (χ1v) is 12.9. The SMILES string of the molecule is CN1C(=O)C(N(C)CCc2c(C=O)nn(Cc3ccccc3)c2Cl)COc2ccc3c(c21)CCN(C#N)C3. The number of hydrogen-bond acceptors (Lipinski definition) is 7. The second-order valence-corrected chi connectivity index (χ2v) is 10.0. The van der Waals surface area contributed by atoms with Crippen molar-refractivity contribution in [2.24, 2.45) is 0 Å². The predicted octanol–water partition coefficient (Wildman–Crippen LogP) is 3.13. The Morgan fingerprint density at radius 2 is 2.05 bits per heavy atom. The lowest BCUT2D eigenvalue weighted by Gasteiger charge is -2.30. The molecule has 2 aliphatic rings. The molecular weight excluding hydrogens is 504 g/mol. The van der Waals surface area contributed by atoms with Crippen molar-refractivity contribution in [3.05, 3.63) is 75.6 Å². The molecule has 38 heavy (non-hydrogen) atoms. The Morgan fingerprint density at radius 3 is 2.79 bits per heavy atom. The van der Waals surface area contributed by atoms with E-state index in [2.05, 4.69) is 11.3 Å². The van der Waals surface area contributed by atoms with Crippen molar-refractivity contribution in [1.29, 1.82) is 5.26 Å². The largest absolute Gasteiger partial charge is 0.489 e. The van der Waals surface area contributed by atoms with Crippen LogP contribution >= 0.6 is 11.6 Å². The lowest BCUT2D eigenvalue weighted by Crippen LogP contribution is -2.48. The fraction of sp³-hybridized carbons (Fsp3) is 0.357. The highest BCUT2D eigenvalue weighted by molar-refractivity contribution is 6.30. The molecule has 5 rings (SSSR count). The minimum atomic E-state index is -0.514. The number of nitrogens with zero attached hydrogens (tertiary/aromatic N) is 6. The van der Waals surface area contributed by atoms with Crippen LogP contribution in [0.15, 0.2) is 42.5 Å². The zero-order chi connectivity index (χ0) is 26.8. The van der Waals surface area contributed by atoms with E-state index in [0.717, 1.165) is 28.7 Å². The summed E-state index contributed by atoms with van der Waals surface area (Å²) in [5.74, 6) is 0.609. The second-order valence-electron chi connectivity index (χ2n) is 9.69. The molecule has 2 aliphatic heterocycles. The molecule has 2 aromatic carbocycles. The number of rotatable bonds is 7. The third-order valence-electron chi connectivity index (χ3n) is 7.37. The van der Waals surface area contributed by atoms with E-state index < -0.39 is 6.04 Å². The standard InChI is InChI=1S/C28H29ClN6O3/c1-32(12-10-22-23(16-36)31-35(27(22)29)14-19-6-4-3-5-7-19)24-17-38-25-9-8-20-15-34(18-30)13-11-21(20)26(25)33(2)28(24)37/h3-9,16,24H,10-15,17H2,1-2H3. The molecule has 0 spiro atoms. The van der Waals surface area contributed by atoms with Crippen LogP contribution in [0.1, 0.15) is 32.7 Å². The Bertz CT molecular complexity index is 1400. The number of likely N-dealkylation sites (N-methyl/N-ethyl adjacent to an activating group) is 2. The molecule has 1 atom stereocenters. The molecule has 3 aromatic rings. The minimum Gasteiger partial charge on any atom is -0.489 e. The summed E-state index contributed by atoms with van der Waals surface area (Å²) in [6.45, 7) is 2.30. The molecule has 1 aromatic heterocycles. The Hall–Kier alpha value is -3.87. The first-order valence-electron chi connectivity index (χ1n) is 12.6. The number of carbonyl (C=O) groups excluding carboxylic acids is 2. The summed E-state index contributed by atoms with van der Waals surface area (Å²) in [6, 6.07) is 13.2. The highest BCUT2D eigenvalue weighted by Gasteiger charge is 2.35. The monoisotopic (exact) mass is 532 g/mol. The van der Waals surface area contributed by atoms with Crippen LogP contribution in [0.25, 0.3) is 0 Å². The summed E-state index contributed by atoms with van der Waals surface area (Å²) in [5.41, 5.74) is 4.89. The van der Waals surface area contributed by atoms with E-state index >= 15 is 0 Å². The molecule has 196 valence electrons. The van der Waals surface area contributed by atoms with Gasteiger partial charge in [0.25, 0.3) is 0 Å². The number of aldehydes is 1. The van der Waals surface area contributed by atoms with E-state index in [1.807, 2.05) is 54.4 Å². The van der Waals surface area contributed by atoms with Crippen LogP contribution in [0.4, 0.5) is 5.69 Å². The normalized spacial score (nSPS) is 16.9. The zero-order valence-corrected chi connectivity index (χ0v) is 22.2. The molecule has 0 bridgehead atoms. The zero-order valence-electron chi connectivity index (χ0n) is 21.4. The van der Waals surface area contributed by atoms with Gasteiger partial charge in [-0.3, -0.25) is 14.5 Å². The summed E-state index contributed by atoms with van der Waals surface area (Å²) in [6.07, 6.45) is 4.07. The summed E-state index contributed by atoms with van der Waals surface area (Å²) in [7, 11) is 3.65. The second kappa shape index (κ2) is 10.9. The maximum Gasteiger partial charge on any atom is 0.247 e. The fourth-order valence-corrected chi connectivity index (χ4v) is 5.49. The van der Waals surface area contributed by atoms with Crippen molar-refractivity contribution in [2.45, 2.75) is 32.0 Å². The van der Waals surface area contributed by atoms with Crippen LogP contribution in [0.5, 0.6) is 5.75 Å². The lowest BCUT2D eigenvalue weighted by molar-refractivity contribution is -0.123. The van der Waals surface area contributed by atoms with Crippen LogP contribution < -0.4 is 9.64 Å². The number of ether oxygens (including phenoxy) is 1. The number of carbonyl (C=O) groups is 2. The van der Waals surface area contributed by atoms with Gasteiger partial charge in [-0.05, 0) is 42.6 Å². The molecule has 0 fully saturated rings. The molecule has 0 aliphatic carbocycles. The number of hydrogen-bond donors (Lipinski definition) is 0. The first kappa shape index (κ1) is 25.8. The van der Waals surface area contributed by atoms with Crippen molar-refractivity contribution in [3.8, 4) is 11.9 Å². The fourth-order valence-electron chi connectivity index (χ4n) is 5.20. The van der Waals surface area contributed by atoms with E-state index in [1.54, 1.807) is 21.5 Å².